The first-order valence-electron chi connectivity index (χ1n) is 8.64. The van der Waals surface area contributed by atoms with Gasteiger partial charge in [-0.25, -0.2) is 9.78 Å². The van der Waals surface area contributed by atoms with Crippen molar-refractivity contribution in [3.8, 4) is 11.6 Å². The standard InChI is InChI=1S/C20H18N4O3/c1-4-26-20(25)14-6-8-15(9-7-14)27-19-18-23-22-13(3)24(18)17-11-12(2)5-10-16(17)21-19/h5-11H,4H2,1-3H3. The number of rotatable bonds is 4. The van der Waals surface area contributed by atoms with Crippen molar-refractivity contribution in [3.63, 3.8) is 0 Å². The third kappa shape index (κ3) is 3.08. The quantitative estimate of drug-likeness (QED) is 0.513. The molecular formula is C20H18N4O3. The largest absolute Gasteiger partial charge is 0.462 e. The molecule has 2 aromatic heterocycles. The lowest BCUT2D eigenvalue weighted by Gasteiger charge is -2.10. The van der Waals surface area contributed by atoms with Crippen LogP contribution in [-0.4, -0.2) is 32.2 Å². The highest BCUT2D eigenvalue weighted by atomic mass is 16.5. The molecule has 0 unspecified atom stereocenters. The van der Waals surface area contributed by atoms with Crippen molar-refractivity contribution in [1.82, 2.24) is 19.6 Å². The topological polar surface area (TPSA) is 78.6 Å². The van der Waals surface area contributed by atoms with Gasteiger partial charge in [0.15, 0.2) is 0 Å². The molecule has 0 saturated heterocycles. The lowest BCUT2D eigenvalue weighted by Crippen LogP contribution is -2.04. The molecule has 136 valence electrons. The van der Waals surface area contributed by atoms with Crippen LogP contribution in [0.2, 0.25) is 0 Å². The zero-order valence-corrected chi connectivity index (χ0v) is 15.3. The van der Waals surface area contributed by atoms with Gasteiger partial charge in [0.2, 0.25) is 5.65 Å². The summed E-state index contributed by atoms with van der Waals surface area (Å²) in [5, 5.41) is 8.38. The molecule has 2 heterocycles. The maximum absolute atomic E-state index is 11.8. The lowest BCUT2D eigenvalue weighted by molar-refractivity contribution is 0.0526. The third-order valence-corrected chi connectivity index (χ3v) is 4.19. The van der Waals surface area contributed by atoms with Crippen molar-refractivity contribution in [2.75, 3.05) is 6.61 Å². The van der Waals surface area contributed by atoms with Gasteiger partial charge in [-0.2, -0.15) is 0 Å². The number of hydrogen-bond donors (Lipinski definition) is 0. The molecule has 0 aliphatic carbocycles. The highest BCUT2D eigenvalue weighted by molar-refractivity contribution is 5.89. The Morgan fingerprint density at radius 1 is 1.07 bits per heavy atom. The third-order valence-electron chi connectivity index (χ3n) is 4.19. The van der Waals surface area contributed by atoms with Gasteiger partial charge in [-0.05, 0) is 62.7 Å². The maximum atomic E-state index is 11.8. The van der Waals surface area contributed by atoms with Crippen LogP contribution in [0.5, 0.6) is 11.6 Å². The summed E-state index contributed by atoms with van der Waals surface area (Å²) in [6.07, 6.45) is 0. The Hall–Kier alpha value is -3.48. The Morgan fingerprint density at radius 3 is 2.59 bits per heavy atom. The maximum Gasteiger partial charge on any atom is 0.338 e. The number of fused-ring (bicyclic) bond motifs is 3. The van der Waals surface area contributed by atoms with Gasteiger partial charge in [-0.3, -0.25) is 4.40 Å². The normalized spacial score (nSPS) is 11.1. The summed E-state index contributed by atoms with van der Waals surface area (Å²) in [5.41, 5.74) is 3.85. The number of hydrogen-bond acceptors (Lipinski definition) is 6. The van der Waals surface area contributed by atoms with Gasteiger partial charge >= 0.3 is 5.97 Å². The van der Waals surface area contributed by atoms with E-state index in [9.17, 15) is 4.79 Å². The van der Waals surface area contributed by atoms with Crippen LogP contribution in [0, 0.1) is 13.8 Å². The molecule has 0 N–H and O–H groups in total. The predicted molar refractivity (Wildman–Crippen MR) is 100 cm³/mol. The van der Waals surface area contributed by atoms with Crippen LogP contribution in [0.25, 0.3) is 16.7 Å². The summed E-state index contributed by atoms with van der Waals surface area (Å²) in [7, 11) is 0. The van der Waals surface area contributed by atoms with Crippen molar-refractivity contribution < 1.29 is 14.3 Å². The number of aryl methyl sites for hydroxylation is 2. The van der Waals surface area contributed by atoms with E-state index in [0.29, 0.717) is 29.4 Å². The molecule has 7 heteroatoms. The Balaban J connectivity index is 1.75. The van der Waals surface area contributed by atoms with Crippen molar-refractivity contribution >= 4 is 22.6 Å². The molecule has 4 rings (SSSR count). The average Bonchev–Trinajstić information content (AvgIpc) is 3.05. The van der Waals surface area contributed by atoms with Crippen molar-refractivity contribution in [2.45, 2.75) is 20.8 Å². The van der Waals surface area contributed by atoms with Crippen LogP contribution < -0.4 is 4.74 Å². The molecule has 0 amide bonds. The first kappa shape index (κ1) is 17.0. The number of nitrogens with zero attached hydrogens (tertiary/aromatic N) is 4. The van der Waals surface area contributed by atoms with Gasteiger partial charge in [0.25, 0.3) is 5.88 Å². The van der Waals surface area contributed by atoms with Gasteiger partial charge < -0.3 is 9.47 Å². The first-order chi connectivity index (χ1) is 13.1. The molecule has 0 radical (unpaired) electrons. The fraction of sp³-hybridized carbons (Fsp3) is 0.200. The van der Waals surface area contributed by atoms with Crippen molar-refractivity contribution in [1.29, 1.82) is 0 Å². The summed E-state index contributed by atoms with van der Waals surface area (Å²) in [6.45, 7) is 6.02. The summed E-state index contributed by atoms with van der Waals surface area (Å²) in [4.78, 5) is 16.4. The van der Waals surface area contributed by atoms with E-state index < -0.39 is 0 Å². The molecule has 0 bridgehead atoms. The molecular weight excluding hydrogens is 344 g/mol. The van der Waals surface area contributed by atoms with E-state index in [4.69, 9.17) is 9.47 Å². The van der Waals surface area contributed by atoms with Crippen LogP contribution in [0.3, 0.4) is 0 Å². The number of benzene rings is 2. The fourth-order valence-electron chi connectivity index (χ4n) is 2.91. The minimum atomic E-state index is -0.362. The SMILES string of the molecule is CCOC(=O)c1ccc(Oc2nc3ccc(C)cc3n3c(C)nnc23)cc1. The molecule has 4 aromatic rings. The van der Waals surface area contributed by atoms with Gasteiger partial charge in [-0.15, -0.1) is 10.2 Å². The molecule has 2 aromatic carbocycles. The predicted octanol–water partition coefficient (Wildman–Crippen LogP) is 3.86. The van der Waals surface area contributed by atoms with E-state index in [1.54, 1.807) is 31.2 Å². The highest BCUT2D eigenvalue weighted by Gasteiger charge is 2.15. The van der Waals surface area contributed by atoms with Crippen LogP contribution in [0.15, 0.2) is 42.5 Å². The lowest BCUT2D eigenvalue weighted by atomic mass is 10.2. The van der Waals surface area contributed by atoms with Crippen LogP contribution in [0.1, 0.15) is 28.7 Å². The van der Waals surface area contributed by atoms with E-state index in [1.165, 1.54) is 0 Å². The monoisotopic (exact) mass is 362 g/mol. The van der Waals surface area contributed by atoms with Crippen molar-refractivity contribution in [2.24, 2.45) is 0 Å². The average molecular weight is 362 g/mol. The Morgan fingerprint density at radius 2 is 1.85 bits per heavy atom. The molecule has 0 saturated carbocycles. The molecule has 0 atom stereocenters. The Labute approximate surface area is 155 Å². The van der Waals surface area contributed by atoms with Crippen LogP contribution in [0.4, 0.5) is 0 Å². The molecule has 0 spiro atoms. The Bertz CT molecular complexity index is 1150. The number of carbonyl (C=O) groups excluding carboxylic acids is 1. The van der Waals surface area contributed by atoms with Crippen LogP contribution in [-0.2, 0) is 4.74 Å². The summed E-state index contributed by atoms with van der Waals surface area (Å²) >= 11 is 0. The first-order valence-corrected chi connectivity index (χ1v) is 8.64. The summed E-state index contributed by atoms with van der Waals surface area (Å²) in [5.74, 6) is 1.30. The fourth-order valence-corrected chi connectivity index (χ4v) is 2.91. The highest BCUT2D eigenvalue weighted by Crippen LogP contribution is 2.28. The van der Waals surface area contributed by atoms with E-state index in [0.717, 1.165) is 22.4 Å². The minimum Gasteiger partial charge on any atom is -0.462 e. The zero-order chi connectivity index (χ0) is 19.0. The zero-order valence-electron chi connectivity index (χ0n) is 15.3. The van der Waals surface area contributed by atoms with Crippen molar-refractivity contribution in [3.05, 3.63) is 59.4 Å². The molecule has 0 fully saturated rings. The molecule has 0 aliphatic rings. The second-order valence-corrected chi connectivity index (χ2v) is 6.16. The van der Waals surface area contributed by atoms with Gasteiger partial charge in [-0.1, -0.05) is 6.07 Å². The number of aromatic nitrogens is 4. The molecule has 7 nitrogen and oxygen atoms in total. The number of carbonyl (C=O) groups is 1. The molecule has 27 heavy (non-hydrogen) atoms. The second-order valence-electron chi connectivity index (χ2n) is 6.16. The smallest absolute Gasteiger partial charge is 0.338 e. The number of esters is 1. The minimum absolute atomic E-state index is 0.335. The molecule has 0 aliphatic heterocycles. The second kappa shape index (κ2) is 6.68. The Kier molecular flexibility index (Phi) is 4.19. The van der Waals surface area contributed by atoms with Gasteiger partial charge in [0.05, 0.1) is 23.2 Å². The van der Waals surface area contributed by atoms with Gasteiger partial charge in [0, 0.05) is 0 Å². The van der Waals surface area contributed by atoms with E-state index in [-0.39, 0.29) is 5.97 Å². The van der Waals surface area contributed by atoms with E-state index >= 15 is 0 Å². The summed E-state index contributed by atoms with van der Waals surface area (Å²) < 4.78 is 12.9. The summed E-state index contributed by atoms with van der Waals surface area (Å²) in [6, 6.07) is 12.7. The van der Waals surface area contributed by atoms with E-state index in [1.807, 2.05) is 36.4 Å². The van der Waals surface area contributed by atoms with Gasteiger partial charge in [0.1, 0.15) is 11.6 Å². The van der Waals surface area contributed by atoms with E-state index in [2.05, 4.69) is 15.2 Å². The number of ether oxygens (including phenoxy) is 2. The van der Waals surface area contributed by atoms with Crippen LogP contribution >= 0.6 is 0 Å².